The zero-order valence-electron chi connectivity index (χ0n) is 21.5. The van der Waals surface area contributed by atoms with Crippen LogP contribution in [0, 0.1) is 0 Å². The minimum atomic E-state index is -1.26. The van der Waals surface area contributed by atoms with Crippen molar-refractivity contribution in [3.63, 3.8) is 0 Å². The van der Waals surface area contributed by atoms with Crippen molar-refractivity contribution in [3.05, 3.63) is 54.1 Å². The highest BCUT2D eigenvalue weighted by Crippen LogP contribution is 2.24. The molecule has 0 saturated carbocycles. The van der Waals surface area contributed by atoms with E-state index in [-0.39, 0.29) is 6.03 Å². The molecule has 35 heavy (non-hydrogen) atoms. The summed E-state index contributed by atoms with van der Waals surface area (Å²) in [7, 11) is 1.61. The summed E-state index contributed by atoms with van der Waals surface area (Å²) < 4.78 is 11.0. The highest BCUT2D eigenvalue weighted by atomic mass is 16.5. The molecule has 1 unspecified atom stereocenters. The number of nitrogens with one attached hydrogen (secondary N) is 1. The average molecular weight is 485 g/mol. The molecule has 0 aliphatic carbocycles. The maximum atomic E-state index is 13.1. The second-order valence-corrected chi connectivity index (χ2v) is 9.03. The summed E-state index contributed by atoms with van der Waals surface area (Å²) in [5.41, 5.74) is 0.390. The van der Waals surface area contributed by atoms with E-state index in [4.69, 9.17) is 9.47 Å². The maximum Gasteiger partial charge on any atom is 0.347 e. The Bertz CT molecular complexity index is 914. The highest BCUT2D eigenvalue weighted by Gasteiger charge is 2.34. The van der Waals surface area contributed by atoms with Gasteiger partial charge >= 0.3 is 12.0 Å². The molecule has 0 saturated heterocycles. The monoisotopic (exact) mass is 484 g/mol. The first-order valence-electron chi connectivity index (χ1n) is 12.5. The van der Waals surface area contributed by atoms with E-state index in [9.17, 15) is 14.7 Å². The van der Waals surface area contributed by atoms with E-state index >= 15 is 0 Å². The molecule has 2 aromatic rings. The van der Waals surface area contributed by atoms with Crippen LogP contribution in [0.1, 0.15) is 71.3 Å². The summed E-state index contributed by atoms with van der Waals surface area (Å²) in [5.74, 6) is 0.254. The fourth-order valence-electron chi connectivity index (χ4n) is 3.86. The van der Waals surface area contributed by atoms with Crippen molar-refractivity contribution in [2.75, 3.05) is 19.0 Å². The van der Waals surface area contributed by atoms with Crippen LogP contribution in [0.2, 0.25) is 0 Å². The van der Waals surface area contributed by atoms with Gasteiger partial charge < -0.3 is 24.8 Å². The molecule has 1 atom stereocenters. The van der Waals surface area contributed by atoms with E-state index in [0.717, 1.165) is 30.6 Å². The summed E-state index contributed by atoms with van der Waals surface area (Å²) in [6, 6.07) is 14.4. The van der Waals surface area contributed by atoms with Gasteiger partial charge in [0, 0.05) is 18.8 Å². The van der Waals surface area contributed by atoms with Crippen molar-refractivity contribution >= 4 is 17.7 Å². The fraction of sp³-hybridized carbons (Fsp3) is 0.500. The van der Waals surface area contributed by atoms with Crippen LogP contribution >= 0.6 is 0 Å². The summed E-state index contributed by atoms with van der Waals surface area (Å²) >= 11 is 0. The van der Waals surface area contributed by atoms with Gasteiger partial charge in [0.15, 0.2) is 0 Å². The van der Waals surface area contributed by atoms with Crippen LogP contribution in [0.4, 0.5) is 10.5 Å². The van der Waals surface area contributed by atoms with Gasteiger partial charge in [-0.15, -0.1) is 0 Å². The first kappa shape index (κ1) is 28.0. The number of nitrogens with zero attached hydrogens (tertiary/aromatic N) is 1. The number of carbonyl (C=O) groups excluding carboxylic acids is 1. The van der Waals surface area contributed by atoms with Crippen LogP contribution < -0.4 is 14.8 Å². The third-order valence-electron chi connectivity index (χ3n) is 5.98. The van der Waals surface area contributed by atoms with Crippen LogP contribution in [-0.2, 0) is 11.3 Å². The van der Waals surface area contributed by atoms with Crippen LogP contribution in [0.3, 0.4) is 0 Å². The number of carbonyl (C=O) groups is 2. The lowest BCUT2D eigenvalue weighted by atomic mass is 10.0. The van der Waals surface area contributed by atoms with Gasteiger partial charge in [-0.3, -0.25) is 0 Å². The van der Waals surface area contributed by atoms with E-state index in [1.807, 2.05) is 48.2 Å². The standard InChI is InChI=1S/C28H40N2O5/c1-5-7-8-9-10-20-30(27(33)29-23-13-17-24(34-4)18-14-23)21-22-11-15-25(16-12-22)35-28(3,19-6-2)26(31)32/h11-18H,5-10,19-21H2,1-4H3,(H,29,33)(H,31,32). The van der Waals surface area contributed by atoms with Gasteiger partial charge in [0.1, 0.15) is 11.5 Å². The summed E-state index contributed by atoms with van der Waals surface area (Å²) in [6.45, 7) is 6.81. The first-order chi connectivity index (χ1) is 16.8. The number of aliphatic carboxylic acids is 1. The number of hydrogen-bond donors (Lipinski definition) is 2. The van der Waals surface area contributed by atoms with E-state index < -0.39 is 11.6 Å². The lowest BCUT2D eigenvalue weighted by Crippen LogP contribution is -2.41. The molecule has 0 heterocycles. The van der Waals surface area contributed by atoms with Gasteiger partial charge in [-0.25, -0.2) is 9.59 Å². The van der Waals surface area contributed by atoms with Gasteiger partial charge in [0.05, 0.1) is 7.11 Å². The molecule has 0 aliphatic rings. The number of amides is 2. The number of hydrogen-bond acceptors (Lipinski definition) is 4. The summed E-state index contributed by atoms with van der Waals surface area (Å²) in [6.07, 6.45) is 6.68. The quantitative estimate of drug-likeness (QED) is 0.274. The van der Waals surface area contributed by atoms with Crippen LogP contribution in [0.25, 0.3) is 0 Å². The molecule has 0 radical (unpaired) electrons. The van der Waals surface area contributed by atoms with Crippen molar-refractivity contribution in [2.24, 2.45) is 0 Å². The molecule has 7 heteroatoms. The van der Waals surface area contributed by atoms with E-state index in [0.29, 0.717) is 37.4 Å². The molecule has 7 nitrogen and oxygen atoms in total. The smallest absolute Gasteiger partial charge is 0.347 e. The van der Waals surface area contributed by atoms with E-state index in [2.05, 4.69) is 12.2 Å². The Morgan fingerprint density at radius 2 is 1.54 bits per heavy atom. The molecule has 192 valence electrons. The number of carboxylic acids is 1. The molecule has 2 rings (SSSR count). The SMILES string of the molecule is CCCCCCCN(Cc1ccc(OC(C)(CCC)C(=O)O)cc1)C(=O)Nc1ccc(OC)cc1. The number of carboxylic acid groups (broad SMARTS) is 1. The third kappa shape index (κ3) is 9.15. The second-order valence-electron chi connectivity index (χ2n) is 9.03. The summed E-state index contributed by atoms with van der Waals surface area (Å²) in [4.78, 5) is 26.6. The second kappa shape index (κ2) is 14.2. The molecule has 2 N–H and O–H groups in total. The molecular weight excluding hydrogens is 444 g/mol. The molecule has 2 amide bonds. The zero-order valence-corrected chi connectivity index (χ0v) is 21.5. The lowest BCUT2D eigenvalue weighted by Gasteiger charge is -2.26. The Labute approximate surface area is 209 Å². The number of ether oxygens (including phenoxy) is 2. The molecule has 0 spiro atoms. The van der Waals surface area contributed by atoms with Crippen molar-refractivity contribution in [3.8, 4) is 11.5 Å². The molecule has 0 aliphatic heterocycles. The molecule has 0 fully saturated rings. The number of rotatable bonds is 15. The zero-order chi connectivity index (χ0) is 25.7. The topological polar surface area (TPSA) is 88.1 Å². The van der Waals surface area contributed by atoms with Crippen LogP contribution in [-0.4, -0.2) is 41.3 Å². The number of anilines is 1. The summed E-state index contributed by atoms with van der Waals surface area (Å²) in [5, 5.41) is 12.5. The van der Waals surface area contributed by atoms with Gasteiger partial charge in [0.25, 0.3) is 0 Å². The van der Waals surface area contributed by atoms with E-state index in [1.165, 1.54) is 12.8 Å². The van der Waals surface area contributed by atoms with Crippen molar-refractivity contribution in [1.29, 1.82) is 0 Å². The third-order valence-corrected chi connectivity index (χ3v) is 5.98. The first-order valence-corrected chi connectivity index (χ1v) is 12.5. The lowest BCUT2D eigenvalue weighted by molar-refractivity contribution is -0.154. The number of unbranched alkanes of at least 4 members (excludes halogenated alkanes) is 4. The van der Waals surface area contributed by atoms with Gasteiger partial charge in [-0.2, -0.15) is 0 Å². The van der Waals surface area contributed by atoms with Gasteiger partial charge in [-0.1, -0.05) is 58.1 Å². The highest BCUT2D eigenvalue weighted by molar-refractivity contribution is 5.89. The minimum absolute atomic E-state index is 0.160. The molecule has 0 aromatic heterocycles. The Hall–Kier alpha value is -3.22. The number of methoxy groups -OCH3 is 1. The predicted octanol–water partition coefficient (Wildman–Crippen LogP) is 6.72. The fourth-order valence-corrected chi connectivity index (χ4v) is 3.86. The van der Waals surface area contributed by atoms with Gasteiger partial charge in [-0.05, 0) is 61.7 Å². The maximum absolute atomic E-state index is 13.1. The molecule has 0 bridgehead atoms. The number of urea groups is 1. The minimum Gasteiger partial charge on any atom is -0.497 e. The number of benzene rings is 2. The van der Waals surface area contributed by atoms with Crippen molar-refractivity contribution < 1.29 is 24.2 Å². The van der Waals surface area contributed by atoms with Crippen molar-refractivity contribution in [1.82, 2.24) is 4.90 Å². The van der Waals surface area contributed by atoms with Crippen LogP contribution in [0.5, 0.6) is 11.5 Å². The van der Waals surface area contributed by atoms with Crippen LogP contribution in [0.15, 0.2) is 48.5 Å². The average Bonchev–Trinajstić information content (AvgIpc) is 2.84. The molecular formula is C28H40N2O5. The van der Waals surface area contributed by atoms with Crippen molar-refractivity contribution in [2.45, 2.75) is 77.9 Å². The van der Waals surface area contributed by atoms with Gasteiger partial charge in [0.2, 0.25) is 5.60 Å². The Morgan fingerprint density at radius 1 is 0.914 bits per heavy atom. The predicted molar refractivity (Wildman–Crippen MR) is 139 cm³/mol. The Morgan fingerprint density at radius 3 is 2.11 bits per heavy atom. The normalized spacial score (nSPS) is 12.5. The Balaban J connectivity index is 2.07. The van der Waals surface area contributed by atoms with E-state index in [1.54, 1.807) is 26.2 Å². The molecule has 2 aromatic carbocycles. The largest absolute Gasteiger partial charge is 0.497 e. The Kier molecular flexibility index (Phi) is 11.4.